The minimum Gasteiger partial charge on any atom is -0.317 e. The van der Waals surface area contributed by atoms with E-state index in [2.05, 4.69) is 10.6 Å². The Balaban J connectivity index is 1.19. The Morgan fingerprint density at radius 3 is 0.750 bits per heavy atom. The number of nitrogens with one attached hydrogen (secondary N) is 2. The van der Waals surface area contributed by atoms with E-state index in [1.165, 1.54) is 51.9 Å². The highest BCUT2D eigenvalue weighted by Crippen LogP contribution is 2.45. The molecule has 0 amide bonds. The molecule has 138 valence electrons. The Kier molecular flexibility index (Phi) is 6.17. The van der Waals surface area contributed by atoms with Gasteiger partial charge in [0.05, 0.1) is 0 Å². The van der Waals surface area contributed by atoms with Crippen LogP contribution in [-0.4, -0.2) is 26.2 Å². The molecule has 4 aliphatic rings. The number of hydrogen-bond acceptors (Lipinski definition) is 2. The Morgan fingerprint density at radius 2 is 0.500 bits per heavy atom. The van der Waals surface area contributed by atoms with Crippen molar-refractivity contribution in [2.75, 3.05) is 26.2 Å². The number of hydrogen-bond donors (Lipinski definition) is 2. The van der Waals surface area contributed by atoms with Crippen LogP contribution in [0.15, 0.2) is 0 Å². The van der Waals surface area contributed by atoms with Crippen LogP contribution in [0.2, 0.25) is 0 Å². The molecule has 0 aromatic rings. The summed E-state index contributed by atoms with van der Waals surface area (Å²) in [7, 11) is 0. The monoisotopic (exact) mass is 332 g/mol. The van der Waals surface area contributed by atoms with Gasteiger partial charge in [-0.15, -0.1) is 0 Å². The molecular formula is C22H40N2. The highest BCUT2D eigenvalue weighted by atomic mass is 14.9. The maximum atomic E-state index is 3.54. The number of rotatable bonds is 3. The fraction of sp³-hybridized carbons (Fsp3) is 1.00. The lowest BCUT2D eigenvalue weighted by molar-refractivity contribution is 0.0975. The van der Waals surface area contributed by atoms with E-state index in [-0.39, 0.29) is 0 Å². The Bertz CT molecular complexity index is 318. The summed E-state index contributed by atoms with van der Waals surface area (Å²) in [4.78, 5) is 0. The van der Waals surface area contributed by atoms with E-state index < -0.39 is 0 Å². The molecule has 0 radical (unpaired) electrons. The summed E-state index contributed by atoms with van der Waals surface area (Å²) >= 11 is 0. The normalized spacial score (nSPS) is 40.5. The molecule has 24 heavy (non-hydrogen) atoms. The lowest BCUT2D eigenvalue weighted by atomic mass is 9.65. The van der Waals surface area contributed by atoms with Crippen LogP contribution >= 0.6 is 0 Å². The molecule has 2 heteroatoms. The molecule has 2 heterocycles. The van der Waals surface area contributed by atoms with E-state index in [4.69, 9.17) is 0 Å². The van der Waals surface area contributed by atoms with Gasteiger partial charge in [0.15, 0.2) is 0 Å². The van der Waals surface area contributed by atoms with Crippen LogP contribution in [0.25, 0.3) is 0 Å². The molecular weight excluding hydrogens is 292 g/mol. The molecule has 2 saturated carbocycles. The largest absolute Gasteiger partial charge is 0.317 e. The van der Waals surface area contributed by atoms with Crippen molar-refractivity contribution in [1.82, 2.24) is 10.6 Å². The van der Waals surface area contributed by atoms with E-state index in [0.717, 1.165) is 35.5 Å². The molecule has 0 aromatic heterocycles. The summed E-state index contributed by atoms with van der Waals surface area (Å²) in [6, 6.07) is 0. The van der Waals surface area contributed by atoms with Crippen LogP contribution in [0.5, 0.6) is 0 Å². The first-order valence-corrected chi connectivity index (χ1v) is 11.3. The van der Waals surface area contributed by atoms with Crippen molar-refractivity contribution < 1.29 is 0 Å². The fourth-order valence-electron chi connectivity index (χ4n) is 6.81. The van der Waals surface area contributed by atoms with Crippen molar-refractivity contribution >= 4 is 0 Å². The predicted molar refractivity (Wildman–Crippen MR) is 102 cm³/mol. The zero-order valence-corrected chi connectivity index (χ0v) is 15.8. The van der Waals surface area contributed by atoms with E-state index in [9.17, 15) is 0 Å². The van der Waals surface area contributed by atoms with Crippen molar-refractivity contribution in [3.05, 3.63) is 0 Å². The second kappa shape index (κ2) is 8.54. The second-order valence-electron chi connectivity index (χ2n) is 9.52. The maximum Gasteiger partial charge on any atom is -0.00462 e. The van der Waals surface area contributed by atoms with E-state index >= 15 is 0 Å². The minimum atomic E-state index is 1.06. The molecule has 2 N–H and O–H groups in total. The summed E-state index contributed by atoms with van der Waals surface area (Å²) in [5.41, 5.74) is 0. The molecule has 0 spiro atoms. The first-order valence-electron chi connectivity index (χ1n) is 11.3. The molecule has 0 atom stereocenters. The lowest BCUT2D eigenvalue weighted by Crippen LogP contribution is -2.35. The Morgan fingerprint density at radius 1 is 0.292 bits per heavy atom. The summed E-state index contributed by atoms with van der Waals surface area (Å²) in [6.07, 6.45) is 18.3. The third-order valence-electron chi connectivity index (χ3n) is 8.40. The molecule has 2 aliphatic carbocycles. The van der Waals surface area contributed by atoms with Crippen LogP contribution in [-0.2, 0) is 0 Å². The van der Waals surface area contributed by atoms with Gasteiger partial charge in [0.1, 0.15) is 0 Å². The summed E-state index contributed by atoms with van der Waals surface area (Å²) in [6.45, 7) is 5.13. The van der Waals surface area contributed by atoms with Gasteiger partial charge >= 0.3 is 0 Å². The molecule has 0 aromatic carbocycles. The van der Waals surface area contributed by atoms with Crippen LogP contribution in [0.1, 0.15) is 77.0 Å². The first kappa shape index (κ1) is 17.3. The van der Waals surface area contributed by atoms with Crippen LogP contribution < -0.4 is 10.6 Å². The van der Waals surface area contributed by atoms with Crippen molar-refractivity contribution in [1.29, 1.82) is 0 Å². The third-order valence-corrected chi connectivity index (χ3v) is 8.40. The van der Waals surface area contributed by atoms with E-state index in [1.54, 1.807) is 51.4 Å². The fourth-order valence-corrected chi connectivity index (χ4v) is 6.81. The van der Waals surface area contributed by atoms with Crippen LogP contribution in [0, 0.1) is 35.5 Å². The van der Waals surface area contributed by atoms with E-state index in [0.29, 0.717) is 0 Å². The summed E-state index contributed by atoms with van der Waals surface area (Å²) in [5.74, 6) is 6.46. The molecule has 2 saturated heterocycles. The molecule has 4 rings (SSSR count). The second-order valence-corrected chi connectivity index (χ2v) is 9.52. The van der Waals surface area contributed by atoms with Gasteiger partial charge in [0, 0.05) is 0 Å². The first-order chi connectivity index (χ1) is 11.9. The van der Waals surface area contributed by atoms with Gasteiger partial charge in [-0.1, -0.05) is 0 Å². The highest BCUT2D eigenvalue weighted by molar-refractivity contribution is 4.87. The standard InChI is InChI=1S/C22H40N2/c1-5-19(21-9-13-23-14-10-21)6-2-17(1)18-3-7-20(8-4-18)22-11-15-24-16-12-22/h17-24H,1-16H2. The van der Waals surface area contributed by atoms with Crippen molar-refractivity contribution in [3.63, 3.8) is 0 Å². The quantitative estimate of drug-likeness (QED) is 0.789. The average molecular weight is 333 g/mol. The number of piperidine rings is 2. The van der Waals surface area contributed by atoms with Crippen LogP contribution in [0.4, 0.5) is 0 Å². The predicted octanol–water partition coefficient (Wildman–Crippen LogP) is 4.60. The van der Waals surface area contributed by atoms with Gasteiger partial charge in [-0.3, -0.25) is 0 Å². The van der Waals surface area contributed by atoms with E-state index in [1.807, 2.05) is 0 Å². The van der Waals surface area contributed by atoms with Gasteiger partial charge in [0.25, 0.3) is 0 Å². The topological polar surface area (TPSA) is 24.1 Å². The molecule has 2 nitrogen and oxygen atoms in total. The Hall–Kier alpha value is -0.0800. The van der Waals surface area contributed by atoms with Gasteiger partial charge in [0.2, 0.25) is 0 Å². The smallest absolute Gasteiger partial charge is 0.00462 e. The SMILES string of the molecule is C1CC(C2CCC(C3CCC(C4CCNCC4)CC3)CC2)CCN1. The highest BCUT2D eigenvalue weighted by Gasteiger charge is 2.35. The van der Waals surface area contributed by atoms with Gasteiger partial charge in [-0.05, 0) is 139 Å². The van der Waals surface area contributed by atoms with Crippen LogP contribution in [0.3, 0.4) is 0 Å². The van der Waals surface area contributed by atoms with Gasteiger partial charge in [-0.2, -0.15) is 0 Å². The van der Waals surface area contributed by atoms with Crippen molar-refractivity contribution in [2.45, 2.75) is 77.0 Å². The maximum absolute atomic E-state index is 3.54. The third kappa shape index (κ3) is 4.18. The Labute approximate surface area is 149 Å². The minimum absolute atomic E-state index is 1.06. The van der Waals surface area contributed by atoms with Crippen molar-refractivity contribution in [3.8, 4) is 0 Å². The summed E-state index contributed by atoms with van der Waals surface area (Å²) in [5, 5.41) is 7.08. The molecule has 0 bridgehead atoms. The average Bonchev–Trinajstić information content (AvgIpc) is 2.70. The van der Waals surface area contributed by atoms with Crippen molar-refractivity contribution in [2.24, 2.45) is 35.5 Å². The molecule has 0 unspecified atom stereocenters. The van der Waals surface area contributed by atoms with Gasteiger partial charge < -0.3 is 10.6 Å². The zero-order chi connectivity index (χ0) is 16.2. The molecule has 4 fully saturated rings. The van der Waals surface area contributed by atoms with Gasteiger partial charge in [-0.25, -0.2) is 0 Å². The zero-order valence-electron chi connectivity index (χ0n) is 15.8. The summed E-state index contributed by atoms with van der Waals surface area (Å²) < 4.78 is 0. The molecule has 2 aliphatic heterocycles. The lowest BCUT2D eigenvalue weighted by Gasteiger charge is -2.42.